The highest BCUT2D eigenvalue weighted by molar-refractivity contribution is 5.81. The van der Waals surface area contributed by atoms with Crippen molar-refractivity contribution in [3.8, 4) is 5.75 Å². The van der Waals surface area contributed by atoms with Crippen LogP contribution >= 0.6 is 0 Å². The molecule has 0 aliphatic heterocycles. The third kappa shape index (κ3) is 2.03. The van der Waals surface area contributed by atoms with Crippen LogP contribution in [0.25, 0.3) is 10.9 Å². The first-order valence-electron chi connectivity index (χ1n) is 4.65. The molecule has 1 heterocycles. The zero-order valence-corrected chi connectivity index (χ0v) is 8.46. The van der Waals surface area contributed by atoms with Gasteiger partial charge >= 0.3 is 6.61 Å². The summed E-state index contributed by atoms with van der Waals surface area (Å²) in [7, 11) is 0. The fourth-order valence-electron chi connectivity index (χ4n) is 1.52. The molecule has 5 heteroatoms. The number of benzene rings is 1. The molecular formula is C11H9F2NO2. The lowest BCUT2D eigenvalue weighted by atomic mass is 10.1. The summed E-state index contributed by atoms with van der Waals surface area (Å²) in [6.45, 7) is -1.20. The minimum atomic E-state index is -2.87. The zero-order valence-electron chi connectivity index (χ0n) is 8.46. The summed E-state index contributed by atoms with van der Waals surface area (Å²) in [5.41, 5.74) is 0.799. The second-order valence-corrected chi connectivity index (χ2v) is 3.41. The molecule has 0 unspecified atom stereocenters. The summed E-state index contributed by atoms with van der Waals surface area (Å²) in [6.07, 6.45) is 0. The molecule has 2 rings (SSSR count). The number of fused-ring (bicyclic) bond motifs is 1. The van der Waals surface area contributed by atoms with Crippen LogP contribution in [-0.2, 0) is 0 Å². The van der Waals surface area contributed by atoms with Gasteiger partial charge in [0.2, 0.25) is 5.56 Å². The fraction of sp³-hybridized carbons (Fsp3) is 0.182. The molecule has 0 radical (unpaired) electrons. The largest absolute Gasteiger partial charge is 0.434 e. The highest BCUT2D eigenvalue weighted by Gasteiger charge is 2.08. The number of pyridine rings is 1. The first-order chi connectivity index (χ1) is 7.56. The van der Waals surface area contributed by atoms with Crippen LogP contribution in [0, 0.1) is 6.92 Å². The van der Waals surface area contributed by atoms with Crippen LogP contribution in [0.2, 0.25) is 0 Å². The van der Waals surface area contributed by atoms with E-state index in [0.29, 0.717) is 11.1 Å². The van der Waals surface area contributed by atoms with Crippen molar-refractivity contribution < 1.29 is 13.5 Å². The van der Waals surface area contributed by atoms with Gasteiger partial charge in [-0.25, -0.2) is 0 Å². The van der Waals surface area contributed by atoms with Crippen molar-refractivity contribution in [3.05, 3.63) is 40.2 Å². The fourth-order valence-corrected chi connectivity index (χ4v) is 1.52. The standard InChI is InChI=1S/C11H9F2NO2/c1-6-4-7-2-3-10(15)14-8(7)5-9(6)16-11(12)13/h2-5,11H,1H3,(H,14,15). The number of ether oxygens (including phenoxy) is 1. The Morgan fingerprint density at radius 1 is 1.31 bits per heavy atom. The maximum atomic E-state index is 12.1. The number of aryl methyl sites for hydroxylation is 1. The van der Waals surface area contributed by atoms with Crippen molar-refractivity contribution >= 4 is 10.9 Å². The smallest absolute Gasteiger partial charge is 0.387 e. The normalized spacial score (nSPS) is 11.0. The highest BCUT2D eigenvalue weighted by atomic mass is 19.3. The first-order valence-corrected chi connectivity index (χ1v) is 4.65. The second-order valence-electron chi connectivity index (χ2n) is 3.41. The Balaban J connectivity index is 2.59. The molecule has 3 nitrogen and oxygen atoms in total. The molecular weight excluding hydrogens is 216 g/mol. The Bertz CT molecular complexity index is 578. The van der Waals surface area contributed by atoms with Crippen molar-refractivity contribution in [2.45, 2.75) is 13.5 Å². The van der Waals surface area contributed by atoms with Crippen molar-refractivity contribution in [2.75, 3.05) is 0 Å². The second kappa shape index (κ2) is 3.92. The quantitative estimate of drug-likeness (QED) is 0.852. The number of alkyl halides is 2. The van der Waals surface area contributed by atoms with E-state index in [1.165, 1.54) is 12.1 Å². The summed E-state index contributed by atoms with van der Waals surface area (Å²) in [5, 5.41) is 0.777. The van der Waals surface area contributed by atoms with Gasteiger partial charge in [0.15, 0.2) is 0 Å². The van der Waals surface area contributed by atoms with Crippen LogP contribution in [0.4, 0.5) is 8.78 Å². The number of aromatic amines is 1. The summed E-state index contributed by atoms with van der Waals surface area (Å²) < 4.78 is 28.5. The molecule has 2 aromatic rings. The first kappa shape index (κ1) is 10.6. The molecule has 0 bridgehead atoms. The Kier molecular flexibility index (Phi) is 2.60. The molecule has 0 aliphatic rings. The van der Waals surface area contributed by atoms with Crippen LogP contribution < -0.4 is 10.3 Å². The van der Waals surface area contributed by atoms with Crippen molar-refractivity contribution in [1.29, 1.82) is 0 Å². The van der Waals surface area contributed by atoms with Gasteiger partial charge in [-0.05, 0) is 30.0 Å². The van der Waals surface area contributed by atoms with Crippen LogP contribution in [0.1, 0.15) is 5.56 Å². The van der Waals surface area contributed by atoms with Gasteiger partial charge < -0.3 is 9.72 Å². The molecule has 1 aromatic carbocycles. The van der Waals surface area contributed by atoms with Crippen molar-refractivity contribution in [2.24, 2.45) is 0 Å². The summed E-state index contributed by atoms with van der Waals surface area (Å²) in [6, 6.07) is 6.10. The highest BCUT2D eigenvalue weighted by Crippen LogP contribution is 2.24. The van der Waals surface area contributed by atoms with E-state index < -0.39 is 6.61 Å². The van der Waals surface area contributed by atoms with E-state index in [0.717, 1.165) is 5.39 Å². The topological polar surface area (TPSA) is 42.1 Å². The molecule has 1 aromatic heterocycles. The van der Waals surface area contributed by atoms with Gasteiger partial charge in [-0.3, -0.25) is 4.79 Å². The summed E-state index contributed by atoms with van der Waals surface area (Å²) in [5.74, 6) is 0.0735. The van der Waals surface area contributed by atoms with Gasteiger partial charge in [0.1, 0.15) is 5.75 Å². The number of rotatable bonds is 2. The number of aromatic nitrogens is 1. The minimum Gasteiger partial charge on any atom is -0.434 e. The molecule has 1 N–H and O–H groups in total. The van der Waals surface area contributed by atoms with Crippen LogP contribution in [0.5, 0.6) is 5.75 Å². The van der Waals surface area contributed by atoms with Crippen LogP contribution in [0.15, 0.2) is 29.1 Å². The molecule has 0 saturated carbocycles. The van der Waals surface area contributed by atoms with E-state index >= 15 is 0 Å². The van der Waals surface area contributed by atoms with E-state index in [-0.39, 0.29) is 11.3 Å². The SMILES string of the molecule is Cc1cc2ccc(=O)[nH]c2cc1OC(F)F. The maximum absolute atomic E-state index is 12.1. The molecule has 0 saturated heterocycles. The van der Waals surface area contributed by atoms with Crippen molar-refractivity contribution in [3.63, 3.8) is 0 Å². The molecule has 0 spiro atoms. The lowest BCUT2D eigenvalue weighted by Crippen LogP contribution is -2.05. The third-order valence-corrected chi connectivity index (χ3v) is 2.24. The Labute approximate surface area is 89.7 Å². The van der Waals surface area contributed by atoms with Crippen LogP contribution in [0.3, 0.4) is 0 Å². The number of H-pyrrole nitrogens is 1. The van der Waals surface area contributed by atoms with E-state index in [2.05, 4.69) is 9.72 Å². The Morgan fingerprint density at radius 3 is 2.75 bits per heavy atom. The minimum absolute atomic E-state index is 0.0735. The Morgan fingerprint density at radius 2 is 2.06 bits per heavy atom. The van der Waals surface area contributed by atoms with E-state index in [9.17, 15) is 13.6 Å². The van der Waals surface area contributed by atoms with E-state index in [4.69, 9.17) is 0 Å². The van der Waals surface area contributed by atoms with Gasteiger partial charge in [0, 0.05) is 12.1 Å². The van der Waals surface area contributed by atoms with Gasteiger partial charge in [-0.2, -0.15) is 8.78 Å². The van der Waals surface area contributed by atoms with E-state index in [1.54, 1.807) is 19.1 Å². The van der Waals surface area contributed by atoms with Crippen molar-refractivity contribution in [1.82, 2.24) is 4.98 Å². The number of halogens is 2. The molecule has 84 valence electrons. The molecule has 0 amide bonds. The number of nitrogens with one attached hydrogen (secondary N) is 1. The number of hydrogen-bond donors (Lipinski definition) is 1. The van der Waals surface area contributed by atoms with Gasteiger partial charge in [-0.1, -0.05) is 0 Å². The monoisotopic (exact) mass is 225 g/mol. The lowest BCUT2D eigenvalue weighted by molar-refractivity contribution is -0.0502. The predicted octanol–water partition coefficient (Wildman–Crippen LogP) is 2.44. The lowest BCUT2D eigenvalue weighted by Gasteiger charge is -2.08. The van der Waals surface area contributed by atoms with Gasteiger partial charge in [-0.15, -0.1) is 0 Å². The summed E-state index contributed by atoms with van der Waals surface area (Å²) >= 11 is 0. The third-order valence-electron chi connectivity index (χ3n) is 2.24. The van der Waals surface area contributed by atoms with Crippen LogP contribution in [-0.4, -0.2) is 11.6 Å². The maximum Gasteiger partial charge on any atom is 0.387 e. The van der Waals surface area contributed by atoms with Gasteiger partial charge in [0.05, 0.1) is 5.52 Å². The average molecular weight is 225 g/mol. The molecule has 0 atom stereocenters. The molecule has 16 heavy (non-hydrogen) atoms. The number of hydrogen-bond acceptors (Lipinski definition) is 2. The zero-order chi connectivity index (χ0) is 11.7. The average Bonchev–Trinajstić information content (AvgIpc) is 2.19. The molecule has 0 aliphatic carbocycles. The summed E-state index contributed by atoms with van der Waals surface area (Å²) in [4.78, 5) is 13.6. The Hall–Kier alpha value is -1.91. The molecule has 0 fully saturated rings. The predicted molar refractivity (Wildman–Crippen MR) is 55.9 cm³/mol. The van der Waals surface area contributed by atoms with E-state index in [1.807, 2.05) is 0 Å². The van der Waals surface area contributed by atoms with Gasteiger partial charge in [0.25, 0.3) is 0 Å².